The van der Waals surface area contributed by atoms with Gasteiger partial charge in [-0.1, -0.05) is 12.1 Å². The maximum absolute atomic E-state index is 12.8. The zero-order valence-electron chi connectivity index (χ0n) is 13.7. The third-order valence-corrected chi connectivity index (χ3v) is 5.53. The lowest BCUT2D eigenvalue weighted by atomic mass is 10.1. The molecule has 0 aliphatic rings. The molecule has 0 saturated carbocycles. The molecule has 132 valence electrons. The minimum absolute atomic E-state index is 0.0884. The number of nitrogens with one attached hydrogen (secondary N) is 3. The molecule has 0 aliphatic carbocycles. The molecule has 2 aromatic heterocycles. The van der Waals surface area contributed by atoms with E-state index in [1.165, 1.54) is 13.2 Å². The van der Waals surface area contributed by atoms with E-state index in [2.05, 4.69) is 14.7 Å². The van der Waals surface area contributed by atoms with E-state index in [-0.39, 0.29) is 10.5 Å². The largest absolute Gasteiger partial charge is 0.495 e. The van der Waals surface area contributed by atoms with Crippen molar-refractivity contribution in [1.82, 2.24) is 9.97 Å². The SMILES string of the molecule is COc1ccccc1NS(=O)(=O)c1ccc2[nH]c(=O)c3[nH]ccc3c2c1. The Morgan fingerprint density at radius 1 is 1.04 bits per heavy atom. The lowest BCUT2D eigenvalue weighted by Gasteiger charge is -2.12. The highest BCUT2D eigenvalue weighted by atomic mass is 32.2. The Hall–Kier alpha value is -3.26. The van der Waals surface area contributed by atoms with Crippen LogP contribution < -0.4 is 15.0 Å². The van der Waals surface area contributed by atoms with E-state index in [0.29, 0.717) is 33.2 Å². The number of benzene rings is 2. The molecule has 0 fully saturated rings. The van der Waals surface area contributed by atoms with E-state index in [9.17, 15) is 13.2 Å². The predicted molar refractivity (Wildman–Crippen MR) is 100 cm³/mol. The molecular formula is C18H15N3O4S. The Kier molecular flexibility index (Phi) is 3.69. The number of aromatic amines is 2. The van der Waals surface area contributed by atoms with Crippen molar-refractivity contribution < 1.29 is 13.2 Å². The van der Waals surface area contributed by atoms with Crippen LogP contribution in [-0.4, -0.2) is 25.5 Å². The van der Waals surface area contributed by atoms with Gasteiger partial charge in [0.2, 0.25) is 0 Å². The zero-order valence-corrected chi connectivity index (χ0v) is 14.6. The molecule has 0 amide bonds. The van der Waals surface area contributed by atoms with Gasteiger partial charge in [0.05, 0.1) is 17.7 Å². The van der Waals surface area contributed by atoms with E-state index >= 15 is 0 Å². The summed E-state index contributed by atoms with van der Waals surface area (Å²) in [5, 5.41) is 1.31. The molecule has 8 heteroatoms. The molecular weight excluding hydrogens is 354 g/mol. The Labute approximate surface area is 148 Å². The fourth-order valence-corrected chi connectivity index (χ4v) is 4.02. The van der Waals surface area contributed by atoms with Crippen molar-refractivity contribution in [2.75, 3.05) is 11.8 Å². The van der Waals surface area contributed by atoms with Crippen molar-refractivity contribution in [1.29, 1.82) is 0 Å². The molecule has 0 radical (unpaired) electrons. The number of sulfonamides is 1. The first kappa shape index (κ1) is 16.2. The van der Waals surface area contributed by atoms with Gasteiger partial charge in [0.25, 0.3) is 15.6 Å². The van der Waals surface area contributed by atoms with Crippen molar-refractivity contribution in [2.45, 2.75) is 4.90 Å². The van der Waals surface area contributed by atoms with Crippen LogP contribution in [0.15, 0.2) is 64.4 Å². The van der Waals surface area contributed by atoms with Crippen molar-refractivity contribution >= 4 is 37.5 Å². The van der Waals surface area contributed by atoms with Gasteiger partial charge in [0.15, 0.2) is 0 Å². The Morgan fingerprint density at radius 3 is 2.65 bits per heavy atom. The summed E-state index contributed by atoms with van der Waals surface area (Å²) in [7, 11) is -2.36. The molecule has 0 saturated heterocycles. The average Bonchev–Trinajstić information content (AvgIpc) is 3.12. The van der Waals surface area contributed by atoms with Crippen molar-refractivity contribution in [3.05, 3.63) is 65.1 Å². The molecule has 0 unspecified atom stereocenters. The number of rotatable bonds is 4. The molecule has 4 aromatic rings. The molecule has 26 heavy (non-hydrogen) atoms. The predicted octanol–water partition coefficient (Wildman–Crippen LogP) is 2.82. The minimum Gasteiger partial charge on any atom is -0.495 e. The van der Waals surface area contributed by atoms with Crippen LogP contribution in [0, 0.1) is 0 Å². The zero-order chi connectivity index (χ0) is 18.3. The molecule has 0 bridgehead atoms. The molecule has 0 spiro atoms. The van der Waals surface area contributed by atoms with Gasteiger partial charge in [-0.05, 0) is 36.4 Å². The third kappa shape index (κ3) is 2.60. The molecule has 3 N–H and O–H groups in total. The van der Waals surface area contributed by atoms with Crippen LogP contribution in [-0.2, 0) is 10.0 Å². The molecule has 4 rings (SSSR count). The Balaban J connectivity index is 1.85. The van der Waals surface area contributed by atoms with Crippen LogP contribution in [0.25, 0.3) is 21.8 Å². The van der Waals surface area contributed by atoms with Crippen LogP contribution in [0.5, 0.6) is 5.75 Å². The van der Waals surface area contributed by atoms with E-state index < -0.39 is 10.0 Å². The number of hydrogen-bond acceptors (Lipinski definition) is 4. The van der Waals surface area contributed by atoms with Gasteiger partial charge in [-0.2, -0.15) is 0 Å². The summed E-state index contributed by atoms with van der Waals surface area (Å²) in [4.78, 5) is 17.7. The standard InChI is InChI=1S/C18H15N3O4S/c1-25-16-5-3-2-4-15(16)21-26(23,24)11-6-7-14-13(10-11)12-8-9-19-17(12)18(22)20-14/h2-10,19,21H,1H3,(H,20,22). The summed E-state index contributed by atoms with van der Waals surface area (Å²) in [6.07, 6.45) is 1.65. The highest BCUT2D eigenvalue weighted by Crippen LogP contribution is 2.28. The second-order valence-corrected chi connectivity index (χ2v) is 7.42. The first-order valence-electron chi connectivity index (χ1n) is 7.78. The highest BCUT2D eigenvalue weighted by Gasteiger charge is 2.18. The maximum Gasteiger partial charge on any atom is 0.272 e. The van der Waals surface area contributed by atoms with Gasteiger partial charge in [-0.3, -0.25) is 9.52 Å². The van der Waals surface area contributed by atoms with Gasteiger partial charge in [-0.25, -0.2) is 8.42 Å². The van der Waals surface area contributed by atoms with Crippen LogP contribution in [0.4, 0.5) is 5.69 Å². The second kappa shape index (κ2) is 5.92. The Morgan fingerprint density at radius 2 is 1.85 bits per heavy atom. The molecule has 2 aromatic carbocycles. The third-order valence-electron chi connectivity index (χ3n) is 4.17. The fourth-order valence-electron chi connectivity index (χ4n) is 2.92. The first-order chi connectivity index (χ1) is 12.5. The van der Waals surface area contributed by atoms with E-state index in [4.69, 9.17) is 4.74 Å². The van der Waals surface area contributed by atoms with Crippen LogP contribution in [0.3, 0.4) is 0 Å². The Bertz CT molecular complexity index is 1290. The van der Waals surface area contributed by atoms with E-state index in [0.717, 1.165) is 0 Å². The van der Waals surface area contributed by atoms with E-state index in [1.807, 2.05) is 0 Å². The summed E-state index contributed by atoms with van der Waals surface area (Å²) in [5.74, 6) is 0.425. The molecule has 7 nitrogen and oxygen atoms in total. The van der Waals surface area contributed by atoms with Crippen molar-refractivity contribution in [3.63, 3.8) is 0 Å². The first-order valence-corrected chi connectivity index (χ1v) is 9.27. The normalized spacial score (nSPS) is 11.7. The molecule has 2 heterocycles. The van der Waals surface area contributed by atoms with E-state index in [1.54, 1.807) is 48.7 Å². The maximum atomic E-state index is 12.8. The second-order valence-electron chi connectivity index (χ2n) is 5.73. The van der Waals surface area contributed by atoms with Crippen molar-refractivity contribution in [2.24, 2.45) is 0 Å². The number of H-pyrrole nitrogens is 2. The smallest absolute Gasteiger partial charge is 0.272 e. The number of para-hydroxylation sites is 2. The quantitative estimate of drug-likeness (QED) is 0.514. The number of fused-ring (bicyclic) bond motifs is 3. The number of ether oxygens (including phenoxy) is 1. The van der Waals surface area contributed by atoms with Gasteiger partial charge in [0, 0.05) is 22.5 Å². The molecule has 0 aliphatic heterocycles. The summed E-state index contributed by atoms with van der Waals surface area (Å²) in [6.45, 7) is 0. The highest BCUT2D eigenvalue weighted by molar-refractivity contribution is 7.92. The van der Waals surface area contributed by atoms with Crippen LogP contribution in [0.1, 0.15) is 0 Å². The number of hydrogen-bond donors (Lipinski definition) is 3. The number of anilines is 1. The summed E-state index contributed by atoms with van der Waals surface area (Å²) in [5.41, 5.74) is 1.08. The molecule has 0 atom stereocenters. The van der Waals surface area contributed by atoms with Gasteiger partial charge in [0.1, 0.15) is 11.3 Å². The summed E-state index contributed by atoms with van der Waals surface area (Å²) in [6, 6.07) is 13.1. The van der Waals surface area contributed by atoms with Gasteiger partial charge in [-0.15, -0.1) is 0 Å². The van der Waals surface area contributed by atoms with Crippen LogP contribution >= 0.6 is 0 Å². The fraction of sp³-hybridized carbons (Fsp3) is 0.0556. The van der Waals surface area contributed by atoms with Crippen LogP contribution in [0.2, 0.25) is 0 Å². The average molecular weight is 369 g/mol. The topological polar surface area (TPSA) is 104 Å². The number of pyridine rings is 1. The summed E-state index contributed by atoms with van der Waals surface area (Å²) < 4.78 is 33.3. The summed E-state index contributed by atoms with van der Waals surface area (Å²) >= 11 is 0. The lowest BCUT2D eigenvalue weighted by Crippen LogP contribution is -2.14. The number of methoxy groups -OCH3 is 1. The minimum atomic E-state index is -3.83. The number of aromatic nitrogens is 2. The van der Waals surface area contributed by atoms with Gasteiger partial charge >= 0.3 is 0 Å². The monoisotopic (exact) mass is 369 g/mol. The lowest BCUT2D eigenvalue weighted by molar-refractivity contribution is 0.417. The van der Waals surface area contributed by atoms with Crippen molar-refractivity contribution in [3.8, 4) is 5.75 Å². The van der Waals surface area contributed by atoms with Gasteiger partial charge < -0.3 is 14.7 Å².